The van der Waals surface area contributed by atoms with Crippen molar-refractivity contribution < 1.29 is 0 Å². The zero-order valence-electron chi connectivity index (χ0n) is 20.6. The molecule has 0 bridgehead atoms. The third-order valence-electron chi connectivity index (χ3n) is 7.62. The highest BCUT2D eigenvalue weighted by Gasteiger charge is 2.16. The molecule has 0 atom stereocenters. The van der Waals surface area contributed by atoms with Crippen molar-refractivity contribution in [2.45, 2.75) is 0 Å². The zero-order chi connectivity index (χ0) is 25.1. The second-order valence-electron chi connectivity index (χ2n) is 9.69. The number of para-hydroxylation sites is 2. The molecule has 0 amide bonds. The number of hydrogen-bond donors (Lipinski definition) is 0. The molecule has 0 radical (unpaired) electrons. The normalized spacial score (nSPS) is 11.7. The van der Waals surface area contributed by atoms with E-state index in [1.54, 1.807) is 0 Å². The Morgan fingerprint density at radius 1 is 0.447 bits per heavy atom. The van der Waals surface area contributed by atoms with Crippen molar-refractivity contribution in [1.29, 1.82) is 0 Å². The SMILES string of the molecule is c1ccc(-n2c3ccccc3c3ccc4c5ccn(-c6ccc(-c7ccccn7)cc6)c5ccc4c32)cc1. The molecule has 0 aliphatic heterocycles. The molecule has 3 heteroatoms. The van der Waals surface area contributed by atoms with Crippen molar-refractivity contribution in [3.05, 3.63) is 140 Å². The van der Waals surface area contributed by atoms with E-state index in [4.69, 9.17) is 0 Å². The first-order valence-corrected chi connectivity index (χ1v) is 12.9. The number of rotatable bonds is 3. The summed E-state index contributed by atoms with van der Waals surface area (Å²) < 4.78 is 4.68. The summed E-state index contributed by atoms with van der Waals surface area (Å²) in [4.78, 5) is 4.49. The fourth-order valence-corrected chi connectivity index (χ4v) is 5.89. The molecule has 178 valence electrons. The van der Waals surface area contributed by atoms with Gasteiger partial charge in [-0.15, -0.1) is 0 Å². The maximum atomic E-state index is 4.49. The molecular weight excluding hydrogens is 462 g/mol. The predicted octanol–water partition coefficient (Wildman–Crippen LogP) is 8.94. The smallest absolute Gasteiger partial charge is 0.0701 e. The van der Waals surface area contributed by atoms with Gasteiger partial charge in [-0.2, -0.15) is 0 Å². The Hall–Kier alpha value is -5.15. The van der Waals surface area contributed by atoms with Gasteiger partial charge >= 0.3 is 0 Å². The lowest BCUT2D eigenvalue weighted by atomic mass is 10.0. The third-order valence-corrected chi connectivity index (χ3v) is 7.62. The van der Waals surface area contributed by atoms with Crippen LogP contribution in [-0.4, -0.2) is 14.1 Å². The largest absolute Gasteiger partial charge is 0.317 e. The van der Waals surface area contributed by atoms with Crippen LogP contribution in [0.1, 0.15) is 0 Å². The zero-order valence-corrected chi connectivity index (χ0v) is 20.6. The van der Waals surface area contributed by atoms with E-state index in [2.05, 4.69) is 130 Å². The highest BCUT2D eigenvalue weighted by Crippen LogP contribution is 2.39. The van der Waals surface area contributed by atoms with Crippen molar-refractivity contribution in [3.63, 3.8) is 0 Å². The molecule has 3 aromatic heterocycles. The van der Waals surface area contributed by atoms with Crippen molar-refractivity contribution in [2.24, 2.45) is 0 Å². The second kappa shape index (κ2) is 8.19. The summed E-state index contributed by atoms with van der Waals surface area (Å²) in [6, 6.07) is 45.4. The Morgan fingerprint density at radius 2 is 1.16 bits per heavy atom. The van der Waals surface area contributed by atoms with Gasteiger partial charge < -0.3 is 9.13 Å². The van der Waals surface area contributed by atoms with Gasteiger partial charge in [-0.25, -0.2) is 0 Å². The summed E-state index contributed by atoms with van der Waals surface area (Å²) in [5, 5.41) is 6.33. The van der Waals surface area contributed by atoms with Crippen LogP contribution in [0, 0.1) is 0 Å². The minimum atomic E-state index is 0.986. The number of aromatic nitrogens is 3. The summed E-state index contributed by atoms with van der Waals surface area (Å²) in [7, 11) is 0. The van der Waals surface area contributed by atoms with Crippen LogP contribution < -0.4 is 0 Å². The molecule has 0 N–H and O–H groups in total. The monoisotopic (exact) mass is 485 g/mol. The number of fused-ring (bicyclic) bond motifs is 7. The summed E-state index contributed by atoms with van der Waals surface area (Å²) in [5.41, 5.74) is 8.10. The molecule has 0 saturated carbocycles. The van der Waals surface area contributed by atoms with Crippen molar-refractivity contribution >= 4 is 43.5 Å². The van der Waals surface area contributed by atoms with E-state index < -0.39 is 0 Å². The van der Waals surface area contributed by atoms with Gasteiger partial charge in [-0.05, 0) is 60.0 Å². The van der Waals surface area contributed by atoms with Crippen LogP contribution in [0.4, 0.5) is 0 Å². The molecule has 0 aliphatic rings. The average Bonchev–Trinajstić information content (AvgIpc) is 3.58. The standard InChI is InChI=1S/C35H23N3/c1-2-8-26(9-3-1)38-34-12-5-4-10-28(34)31-18-17-27-29-21-23-37(33(29)20-19-30(27)35(31)38)25-15-13-24(14-16-25)32-11-6-7-22-36-32/h1-23H. The maximum absolute atomic E-state index is 4.49. The Bertz CT molecular complexity index is 2100. The van der Waals surface area contributed by atoms with Gasteiger partial charge in [-0.1, -0.05) is 72.8 Å². The van der Waals surface area contributed by atoms with Crippen LogP contribution in [0.15, 0.2) is 140 Å². The van der Waals surface area contributed by atoms with Crippen LogP contribution >= 0.6 is 0 Å². The van der Waals surface area contributed by atoms with Gasteiger partial charge in [0.2, 0.25) is 0 Å². The molecule has 0 unspecified atom stereocenters. The number of nitrogens with zero attached hydrogens (tertiary/aromatic N) is 3. The molecule has 3 nitrogen and oxygen atoms in total. The fraction of sp³-hybridized carbons (Fsp3) is 0. The minimum absolute atomic E-state index is 0.986. The van der Waals surface area contributed by atoms with Crippen LogP contribution in [0.3, 0.4) is 0 Å². The topological polar surface area (TPSA) is 22.8 Å². The lowest BCUT2D eigenvalue weighted by Gasteiger charge is -2.11. The summed E-state index contributed by atoms with van der Waals surface area (Å²) in [6.07, 6.45) is 4.01. The summed E-state index contributed by atoms with van der Waals surface area (Å²) in [5.74, 6) is 0. The van der Waals surface area contributed by atoms with Crippen LogP contribution in [-0.2, 0) is 0 Å². The van der Waals surface area contributed by atoms with E-state index >= 15 is 0 Å². The first kappa shape index (κ1) is 21.0. The molecule has 38 heavy (non-hydrogen) atoms. The summed E-state index contributed by atoms with van der Waals surface area (Å²) in [6.45, 7) is 0. The second-order valence-corrected chi connectivity index (χ2v) is 9.69. The Labute approximate surface area is 219 Å². The highest BCUT2D eigenvalue weighted by molar-refractivity contribution is 6.22. The maximum Gasteiger partial charge on any atom is 0.0701 e. The number of hydrogen-bond acceptors (Lipinski definition) is 1. The molecule has 8 aromatic rings. The molecule has 0 saturated heterocycles. The molecule has 0 aliphatic carbocycles. The molecule has 5 aromatic carbocycles. The van der Waals surface area contributed by atoms with Gasteiger partial charge in [-0.3, -0.25) is 4.98 Å². The van der Waals surface area contributed by atoms with E-state index in [0.29, 0.717) is 0 Å². The quantitative estimate of drug-likeness (QED) is 0.245. The molecule has 3 heterocycles. The van der Waals surface area contributed by atoms with Gasteiger partial charge in [0.1, 0.15) is 0 Å². The Kier molecular flexibility index (Phi) is 4.52. The third kappa shape index (κ3) is 3.06. The lowest BCUT2D eigenvalue weighted by molar-refractivity contribution is 1.13. The minimum Gasteiger partial charge on any atom is -0.317 e. The molecule has 0 spiro atoms. The lowest BCUT2D eigenvalue weighted by Crippen LogP contribution is -1.94. The van der Waals surface area contributed by atoms with E-state index in [-0.39, 0.29) is 0 Å². The van der Waals surface area contributed by atoms with Gasteiger partial charge in [0.25, 0.3) is 0 Å². The number of pyridine rings is 1. The predicted molar refractivity (Wildman–Crippen MR) is 158 cm³/mol. The fourth-order valence-electron chi connectivity index (χ4n) is 5.89. The van der Waals surface area contributed by atoms with E-state index in [1.165, 1.54) is 49.2 Å². The van der Waals surface area contributed by atoms with Crippen LogP contribution in [0.25, 0.3) is 66.1 Å². The first-order chi connectivity index (χ1) is 18.9. The van der Waals surface area contributed by atoms with E-state index in [0.717, 1.165) is 16.9 Å². The Balaban J connectivity index is 1.35. The van der Waals surface area contributed by atoms with Crippen molar-refractivity contribution in [2.75, 3.05) is 0 Å². The van der Waals surface area contributed by atoms with Crippen molar-refractivity contribution in [3.8, 4) is 22.6 Å². The van der Waals surface area contributed by atoms with Gasteiger partial charge in [0.15, 0.2) is 0 Å². The average molecular weight is 486 g/mol. The highest BCUT2D eigenvalue weighted by atomic mass is 15.0. The molecular formula is C35H23N3. The molecule has 8 rings (SSSR count). The van der Waals surface area contributed by atoms with Crippen LogP contribution in [0.2, 0.25) is 0 Å². The van der Waals surface area contributed by atoms with E-state index in [9.17, 15) is 0 Å². The molecule has 0 fully saturated rings. The van der Waals surface area contributed by atoms with Crippen LogP contribution in [0.5, 0.6) is 0 Å². The van der Waals surface area contributed by atoms with Gasteiger partial charge in [0.05, 0.1) is 22.2 Å². The van der Waals surface area contributed by atoms with Gasteiger partial charge in [0, 0.05) is 50.9 Å². The first-order valence-electron chi connectivity index (χ1n) is 12.9. The van der Waals surface area contributed by atoms with Crippen molar-refractivity contribution in [1.82, 2.24) is 14.1 Å². The number of benzene rings is 5. The summed E-state index contributed by atoms with van der Waals surface area (Å²) >= 11 is 0. The van der Waals surface area contributed by atoms with E-state index in [1.807, 2.05) is 24.4 Å². The Morgan fingerprint density at radius 3 is 2.00 bits per heavy atom.